The number of aryl methyl sites for hydroxylation is 2. The summed E-state index contributed by atoms with van der Waals surface area (Å²) in [6.45, 7) is 4.11. The minimum Gasteiger partial charge on any atom is -0.382 e. The fourth-order valence-electron chi connectivity index (χ4n) is 2.61. The first kappa shape index (κ1) is 13.2. The largest absolute Gasteiger partial charge is 0.382 e. The summed E-state index contributed by atoms with van der Waals surface area (Å²) in [5.74, 6) is 7.25. The summed E-state index contributed by atoms with van der Waals surface area (Å²) in [6.07, 6.45) is 0. The maximum Gasteiger partial charge on any atom is 0.160 e. The summed E-state index contributed by atoms with van der Waals surface area (Å²) in [5, 5.41) is 0. The number of nitrogens with two attached hydrogens (primary N) is 2. The predicted octanol–water partition coefficient (Wildman–Crippen LogP) is 3.13. The van der Waals surface area contributed by atoms with Crippen molar-refractivity contribution >= 4 is 5.82 Å². The maximum atomic E-state index is 6.19. The Morgan fingerprint density at radius 1 is 0.905 bits per heavy atom. The highest BCUT2D eigenvalue weighted by Gasteiger charge is 2.18. The van der Waals surface area contributed by atoms with Gasteiger partial charge >= 0.3 is 0 Å². The second-order valence-corrected chi connectivity index (χ2v) is 5.17. The molecule has 2 aromatic carbocycles. The zero-order chi connectivity index (χ0) is 15.0. The molecule has 4 nitrogen and oxygen atoms in total. The van der Waals surface area contributed by atoms with Gasteiger partial charge in [-0.2, -0.15) is 0 Å². The molecule has 3 aromatic rings. The monoisotopic (exact) mass is 278 g/mol. The fraction of sp³-hybridized carbons (Fsp3) is 0.118. The Bertz CT molecular complexity index is 768. The number of nitrogens with zero attached hydrogens (tertiary/aromatic N) is 2. The molecule has 0 saturated carbocycles. The van der Waals surface area contributed by atoms with Crippen LogP contribution in [0.25, 0.3) is 22.6 Å². The van der Waals surface area contributed by atoms with Crippen LogP contribution >= 0.6 is 0 Å². The van der Waals surface area contributed by atoms with Gasteiger partial charge in [-0.1, -0.05) is 48.5 Å². The van der Waals surface area contributed by atoms with Crippen LogP contribution in [-0.2, 0) is 0 Å². The molecule has 4 heteroatoms. The lowest BCUT2D eigenvalue weighted by Gasteiger charge is -2.07. The number of hydrogen-bond donors (Lipinski definition) is 2. The van der Waals surface area contributed by atoms with Crippen LogP contribution in [0.4, 0.5) is 5.82 Å². The maximum absolute atomic E-state index is 6.19. The molecule has 3 rings (SSSR count). The lowest BCUT2D eigenvalue weighted by Crippen LogP contribution is -2.13. The molecule has 21 heavy (non-hydrogen) atoms. The summed E-state index contributed by atoms with van der Waals surface area (Å²) in [7, 11) is 0. The number of benzene rings is 2. The van der Waals surface area contributed by atoms with E-state index >= 15 is 0 Å². The molecule has 0 spiro atoms. The highest BCUT2D eigenvalue weighted by atomic mass is 15.4. The van der Waals surface area contributed by atoms with Crippen LogP contribution in [0.3, 0.4) is 0 Å². The Morgan fingerprint density at radius 2 is 1.52 bits per heavy atom. The van der Waals surface area contributed by atoms with Crippen molar-refractivity contribution in [3.8, 4) is 22.6 Å². The van der Waals surface area contributed by atoms with E-state index in [1.807, 2.05) is 36.4 Å². The van der Waals surface area contributed by atoms with Crippen LogP contribution in [0, 0.1) is 13.8 Å². The summed E-state index contributed by atoms with van der Waals surface area (Å²) in [5.41, 5.74) is 11.2. The summed E-state index contributed by atoms with van der Waals surface area (Å²) >= 11 is 0. The number of aromatic nitrogens is 2. The number of rotatable bonds is 2. The average Bonchev–Trinajstić information content (AvgIpc) is 2.77. The Labute approximate surface area is 124 Å². The lowest BCUT2D eigenvalue weighted by molar-refractivity contribution is 1.02. The van der Waals surface area contributed by atoms with Gasteiger partial charge in [0, 0.05) is 11.1 Å². The summed E-state index contributed by atoms with van der Waals surface area (Å²) in [6, 6.07) is 16.0. The SMILES string of the molecule is Cc1cccc(C)c1-c1nc(-c2ccccc2)n(N)c1N. The van der Waals surface area contributed by atoms with E-state index in [-0.39, 0.29) is 0 Å². The van der Waals surface area contributed by atoms with Crippen LogP contribution in [0.2, 0.25) is 0 Å². The predicted molar refractivity (Wildman–Crippen MR) is 87.1 cm³/mol. The van der Waals surface area contributed by atoms with E-state index in [4.69, 9.17) is 11.6 Å². The van der Waals surface area contributed by atoms with Crippen molar-refractivity contribution in [3.05, 3.63) is 59.7 Å². The molecular weight excluding hydrogens is 260 g/mol. The van der Waals surface area contributed by atoms with Crippen molar-refractivity contribution in [2.24, 2.45) is 0 Å². The van der Waals surface area contributed by atoms with Gasteiger partial charge in [0.05, 0.1) is 0 Å². The lowest BCUT2D eigenvalue weighted by atomic mass is 10.0. The highest BCUT2D eigenvalue weighted by Crippen LogP contribution is 2.33. The van der Waals surface area contributed by atoms with Crippen molar-refractivity contribution < 1.29 is 0 Å². The first-order valence-electron chi connectivity index (χ1n) is 6.85. The van der Waals surface area contributed by atoms with Crippen molar-refractivity contribution in [1.29, 1.82) is 0 Å². The Hall–Kier alpha value is -2.75. The molecule has 1 aromatic heterocycles. The zero-order valence-corrected chi connectivity index (χ0v) is 12.2. The Balaban J connectivity index is 2.23. The standard InChI is InChI=1S/C17H18N4/c1-11-7-6-8-12(2)14(11)15-16(18)21(19)17(20-15)13-9-4-3-5-10-13/h3-10H,18-19H2,1-2H3. The molecule has 1 heterocycles. The van der Waals surface area contributed by atoms with Gasteiger partial charge in [0.2, 0.25) is 0 Å². The van der Waals surface area contributed by atoms with Gasteiger partial charge in [0.25, 0.3) is 0 Å². The van der Waals surface area contributed by atoms with E-state index in [9.17, 15) is 0 Å². The molecule has 0 fully saturated rings. The third-order valence-electron chi connectivity index (χ3n) is 3.70. The molecular formula is C17H18N4. The van der Waals surface area contributed by atoms with E-state index in [0.717, 1.165) is 27.9 Å². The number of imidazole rings is 1. The highest BCUT2D eigenvalue weighted by molar-refractivity contribution is 5.79. The molecule has 0 aliphatic heterocycles. The number of nitrogen functional groups attached to an aromatic ring is 2. The van der Waals surface area contributed by atoms with Crippen LogP contribution in [0.15, 0.2) is 48.5 Å². The van der Waals surface area contributed by atoms with Crippen molar-refractivity contribution in [2.45, 2.75) is 13.8 Å². The topological polar surface area (TPSA) is 69.9 Å². The smallest absolute Gasteiger partial charge is 0.160 e. The van der Waals surface area contributed by atoms with Crippen LogP contribution in [0.5, 0.6) is 0 Å². The molecule has 4 N–H and O–H groups in total. The van der Waals surface area contributed by atoms with E-state index in [1.54, 1.807) is 0 Å². The summed E-state index contributed by atoms with van der Waals surface area (Å²) in [4.78, 5) is 4.68. The van der Waals surface area contributed by atoms with Crippen LogP contribution < -0.4 is 11.6 Å². The minimum absolute atomic E-state index is 0.478. The molecule has 0 aliphatic carbocycles. The van der Waals surface area contributed by atoms with Gasteiger partial charge in [-0.3, -0.25) is 0 Å². The number of anilines is 1. The molecule has 0 unspecified atom stereocenters. The van der Waals surface area contributed by atoms with E-state index in [2.05, 4.69) is 31.0 Å². The molecule has 0 saturated heterocycles. The molecule has 0 radical (unpaired) electrons. The van der Waals surface area contributed by atoms with Crippen molar-refractivity contribution in [3.63, 3.8) is 0 Å². The van der Waals surface area contributed by atoms with Crippen molar-refractivity contribution in [2.75, 3.05) is 11.6 Å². The van der Waals surface area contributed by atoms with Gasteiger partial charge in [-0.25, -0.2) is 9.66 Å². The molecule has 106 valence electrons. The van der Waals surface area contributed by atoms with E-state index in [0.29, 0.717) is 11.6 Å². The zero-order valence-electron chi connectivity index (χ0n) is 12.2. The Morgan fingerprint density at radius 3 is 2.14 bits per heavy atom. The first-order chi connectivity index (χ1) is 10.1. The van der Waals surface area contributed by atoms with E-state index in [1.165, 1.54) is 4.68 Å². The molecule has 0 atom stereocenters. The van der Waals surface area contributed by atoms with Crippen LogP contribution in [0.1, 0.15) is 11.1 Å². The molecule has 0 bridgehead atoms. The van der Waals surface area contributed by atoms with Gasteiger partial charge < -0.3 is 11.6 Å². The third kappa shape index (κ3) is 2.14. The van der Waals surface area contributed by atoms with Gasteiger partial charge in [-0.05, 0) is 25.0 Å². The van der Waals surface area contributed by atoms with Gasteiger partial charge in [0.15, 0.2) is 11.6 Å². The molecule has 0 amide bonds. The summed E-state index contributed by atoms with van der Waals surface area (Å²) < 4.78 is 1.45. The average molecular weight is 278 g/mol. The fourth-order valence-corrected chi connectivity index (χ4v) is 2.61. The van der Waals surface area contributed by atoms with Crippen LogP contribution in [-0.4, -0.2) is 9.66 Å². The quantitative estimate of drug-likeness (QED) is 0.707. The molecule has 0 aliphatic rings. The second kappa shape index (κ2) is 4.98. The van der Waals surface area contributed by atoms with Gasteiger partial charge in [0.1, 0.15) is 5.69 Å². The van der Waals surface area contributed by atoms with Crippen molar-refractivity contribution in [1.82, 2.24) is 9.66 Å². The second-order valence-electron chi connectivity index (χ2n) is 5.17. The third-order valence-corrected chi connectivity index (χ3v) is 3.70. The number of hydrogen-bond acceptors (Lipinski definition) is 3. The van der Waals surface area contributed by atoms with E-state index < -0.39 is 0 Å². The normalized spacial score (nSPS) is 10.8. The first-order valence-corrected chi connectivity index (χ1v) is 6.85. The minimum atomic E-state index is 0.478. The van der Waals surface area contributed by atoms with Gasteiger partial charge in [-0.15, -0.1) is 0 Å². The Kier molecular flexibility index (Phi) is 3.14.